The highest BCUT2D eigenvalue weighted by molar-refractivity contribution is 6.38. The Kier molecular flexibility index (Phi) is 3.91. The van der Waals surface area contributed by atoms with E-state index in [9.17, 15) is 4.79 Å². The van der Waals surface area contributed by atoms with E-state index in [1.54, 1.807) is 24.3 Å². The second-order valence-corrected chi connectivity index (χ2v) is 5.76. The zero-order valence-corrected chi connectivity index (χ0v) is 13.1. The Hall–Kier alpha value is -1.88. The van der Waals surface area contributed by atoms with E-state index in [0.717, 1.165) is 5.56 Å². The minimum Gasteiger partial charge on any atom is -0.478 e. The summed E-state index contributed by atoms with van der Waals surface area (Å²) >= 11 is 18.2. The highest BCUT2D eigenvalue weighted by Gasteiger charge is 2.16. The highest BCUT2D eigenvalue weighted by atomic mass is 35.5. The Morgan fingerprint density at radius 3 is 2.32 bits per heavy atom. The van der Waals surface area contributed by atoms with Crippen LogP contribution < -0.4 is 0 Å². The molecule has 1 aromatic carbocycles. The number of hydrogen-bond donors (Lipinski definition) is 1. The third-order valence-electron chi connectivity index (χ3n) is 3.10. The first-order valence-electron chi connectivity index (χ1n) is 6.10. The van der Waals surface area contributed by atoms with Crippen molar-refractivity contribution in [1.82, 2.24) is 9.97 Å². The third kappa shape index (κ3) is 2.61. The van der Waals surface area contributed by atoms with Crippen LogP contribution in [0.1, 0.15) is 10.4 Å². The van der Waals surface area contributed by atoms with Gasteiger partial charge >= 0.3 is 5.97 Å². The zero-order valence-electron chi connectivity index (χ0n) is 10.8. The Balaban J connectivity index is 2.32. The molecule has 2 aromatic heterocycles. The van der Waals surface area contributed by atoms with E-state index in [-0.39, 0.29) is 10.6 Å². The summed E-state index contributed by atoms with van der Waals surface area (Å²) in [7, 11) is 0. The van der Waals surface area contributed by atoms with Crippen molar-refractivity contribution in [3.05, 3.63) is 57.3 Å². The Labute approximate surface area is 140 Å². The molecule has 0 atom stereocenters. The molecule has 3 aromatic rings. The average Bonchev–Trinajstić information content (AvgIpc) is 2.45. The van der Waals surface area contributed by atoms with E-state index in [4.69, 9.17) is 39.9 Å². The fraction of sp³-hybridized carbons (Fsp3) is 0. The van der Waals surface area contributed by atoms with Crippen molar-refractivity contribution in [2.45, 2.75) is 0 Å². The number of aromatic nitrogens is 2. The van der Waals surface area contributed by atoms with Crippen molar-refractivity contribution in [1.29, 1.82) is 0 Å². The predicted molar refractivity (Wildman–Crippen MR) is 87.0 cm³/mol. The molecule has 2 heterocycles. The molecule has 22 heavy (non-hydrogen) atoms. The molecule has 0 amide bonds. The molecule has 4 nitrogen and oxygen atoms in total. The van der Waals surface area contributed by atoms with Crippen LogP contribution in [0.3, 0.4) is 0 Å². The lowest BCUT2D eigenvalue weighted by atomic mass is 10.0. The lowest BCUT2D eigenvalue weighted by Gasteiger charge is -2.09. The molecule has 1 N–H and O–H groups in total. The van der Waals surface area contributed by atoms with Gasteiger partial charge in [0.05, 0.1) is 16.1 Å². The second-order valence-electron chi connectivity index (χ2n) is 4.50. The van der Waals surface area contributed by atoms with E-state index in [1.165, 1.54) is 12.4 Å². The molecule has 3 rings (SSSR count). The number of pyridine rings is 2. The molecule has 0 spiro atoms. The van der Waals surface area contributed by atoms with Crippen LogP contribution in [0.15, 0.2) is 36.7 Å². The van der Waals surface area contributed by atoms with Gasteiger partial charge in [0.15, 0.2) is 0 Å². The minimum absolute atomic E-state index is 0.0486. The van der Waals surface area contributed by atoms with Crippen molar-refractivity contribution in [3.63, 3.8) is 0 Å². The number of aromatic carboxylic acids is 1. The van der Waals surface area contributed by atoms with E-state index in [0.29, 0.717) is 26.6 Å². The Morgan fingerprint density at radius 2 is 1.68 bits per heavy atom. The number of nitrogens with zero attached hydrogens (tertiary/aromatic N) is 2. The SMILES string of the molecule is O=C(O)c1cnc2c(-c3cc(Cl)cc(Cl)c3)ccnc2c1Cl. The predicted octanol–water partition coefficient (Wildman–Crippen LogP) is 4.96. The molecule has 0 aliphatic rings. The molecule has 0 saturated carbocycles. The number of fused-ring (bicyclic) bond motifs is 1. The molecule has 0 unspecified atom stereocenters. The number of carbonyl (C=O) groups is 1. The van der Waals surface area contributed by atoms with Gasteiger partial charge in [-0.05, 0) is 29.8 Å². The molecule has 0 aliphatic carbocycles. The fourth-order valence-corrected chi connectivity index (χ4v) is 2.94. The number of halogens is 3. The van der Waals surface area contributed by atoms with Crippen LogP contribution in [0, 0.1) is 0 Å². The molecule has 0 fully saturated rings. The first kappa shape index (κ1) is 15.0. The topological polar surface area (TPSA) is 63.1 Å². The summed E-state index contributed by atoms with van der Waals surface area (Å²) in [4.78, 5) is 19.4. The molecule has 110 valence electrons. The van der Waals surface area contributed by atoms with Crippen LogP contribution in [-0.4, -0.2) is 21.0 Å². The van der Waals surface area contributed by atoms with Gasteiger partial charge in [-0.15, -0.1) is 0 Å². The molecule has 0 saturated heterocycles. The van der Waals surface area contributed by atoms with Gasteiger partial charge in [-0.25, -0.2) is 4.79 Å². The summed E-state index contributed by atoms with van der Waals surface area (Å²) < 4.78 is 0. The van der Waals surface area contributed by atoms with Gasteiger partial charge in [-0.3, -0.25) is 9.97 Å². The standard InChI is InChI=1S/C15H7Cl3N2O2/c16-8-3-7(4-9(17)5-8)10-1-2-19-14-12(18)11(15(21)22)6-20-13(10)14/h1-6H,(H,21,22). The summed E-state index contributed by atoms with van der Waals surface area (Å²) in [5.74, 6) is -1.16. The first-order chi connectivity index (χ1) is 10.5. The third-order valence-corrected chi connectivity index (χ3v) is 3.91. The summed E-state index contributed by atoms with van der Waals surface area (Å²) in [5.41, 5.74) is 2.17. The smallest absolute Gasteiger partial charge is 0.338 e. The van der Waals surface area contributed by atoms with Crippen molar-refractivity contribution >= 4 is 51.8 Å². The van der Waals surface area contributed by atoms with Crippen molar-refractivity contribution in [2.75, 3.05) is 0 Å². The summed E-state index contributed by atoms with van der Waals surface area (Å²) in [6.07, 6.45) is 2.75. The number of benzene rings is 1. The van der Waals surface area contributed by atoms with Crippen LogP contribution in [-0.2, 0) is 0 Å². The highest BCUT2D eigenvalue weighted by Crippen LogP contribution is 2.33. The number of carboxylic acids is 1. The molecule has 0 bridgehead atoms. The summed E-state index contributed by atoms with van der Waals surface area (Å²) in [6.45, 7) is 0. The molecular weight excluding hydrogens is 347 g/mol. The largest absolute Gasteiger partial charge is 0.478 e. The molecule has 0 aliphatic heterocycles. The maximum Gasteiger partial charge on any atom is 0.338 e. The normalized spacial score (nSPS) is 10.9. The number of hydrogen-bond acceptors (Lipinski definition) is 3. The van der Waals surface area contributed by atoms with Crippen LogP contribution >= 0.6 is 34.8 Å². The number of rotatable bonds is 2. The van der Waals surface area contributed by atoms with E-state index >= 15 is 0 Å². The van der Waals surface area contributed by atoms with Crippen LogP contribution in [0.5, 0.6) is 0 Å². The molecule has 7 heteroatoms. The minimum atomic E-state index is -1.16. The monoisotopic (exact) mass is 352 g/mol. The van der Waals surface area contributed by atoms with E-state index in [2.05, 4.69) is 9.97 Å². The van der Waals surface area contributed by atoms with Gasteiger partial charge in [0.2, 0.25) is 0 Å². The quantitative estimate of drug-likeness (QED) is 0.707. The van der Waals surface area contributed by atoms with Gasteiger partial charge in [0.1, 0.15) is 5.52 Å². The van der Waals surface area contributed by atoms with Gasteiger partial charge in [0.25, 0.3) is 0 Å². The molecule has 0 radical (unpaired) electrons. The van der Waals surface area contributed by atoms with E-state index < -0.39 is 5.97 Å². The summed E-state index contributed by atoms with van der Waals surface area (Å²) in [6, 6.07) is 6.85. The second kappa shape index (κ2) is 5.72. The van der Waals surface area contributed by atoms with Crippen LogP contribution in [0.4, 0.5) is 0 Å². The zero-order chi connectivity index (χ0) is 15.9. The Bertz CT molecular complexity index is 892. The van der Waals surface area contributed by atoms with Crippen molar-refractivity contribution in [3.8, 4) is 11.1 Å². The maximum atomic E-state index is 11.1. The maximum absolute atomic E-state index is 11.1. The van der Waals surface area contributed by atoms with Crippen LogP contribution in [0.2, 0.25) is 15.1 Å². The van der Waals surface area contributed by atoms with E-state index in [1.807, 2.05) is 0 Å². The van der Waals surface area contributed by atoms with Gasteiger partial charge in [0, 0.05) is 28.0 Å². The average molecular weight is 354 g/mol. The fourth-order valence-electron chi connectivity index (χ4n) is 2.15. The lowest BCUT2D eigenvalue weighted by Crippen LogP contribution is -2.00. The van der Waals surface area contributed by atoms with Crippen molar-refractivity contribution < 1.29 is 9.90 Å². The van der Waals surface area contributed by atoms with Crippen molar-refractivity contribution in [2.24, 2.45) is 0 Å². The first-order valence-corrected chi connectivity index (χ1v) is 7.23. The number of carboxylic acid groups (broad SMARTS) is 1. The molecular formula is C15H7Cl3N2O2. The Morgan fingerprint density at radius 1 is 1.00 bits per heavy atom. The van der Waals surface area contributed by atoms with Gasteiger partial charge < -0.3 is 5.11 Å². The van der Waals surface area contributed by atoms with Gasteiger partial charge in [-0.1, -0.05) is 34.8 Å². The van der Waals surface area contributed by atoms with Gasteiger partial charge in [-0.2, -0.15) is 0 Å². The summed E-state index contributed by atoms with van der Waals surface area (Å²) in [5, 5.41) is 10.1. The lowest BCUT2D eigenvalue weighted by molar-refractivity contribution is 0.0697. The van der Waals surface area contributed by atoms with Crippen LogP contribution in [0.25, 0.3) is 22.2 Å².